The lowest BCUT2D eigenvalue weighted by molar-refractivity contribution is 0.249. The zero-order chi connectivity index (χ0) is 12.0. The van der Waals surface area contributed by atoms with Crippen molar-refractivity contribution in [1.82, 2.24) is 15.3 Å². The first-order chi connectivity index (χ1) is 7.65. The van der Waals surface area contributed by atoms with Crippen LogP contribution in [0.1, 0.15) is 0 Å². The van der Waals surface area contributed by atoms with Crippen LogP contribution >= 0.6 is 0 Å². The molecule has 0 aliphatic carbocycles. The topological polar surface area (TPSA) is 128 Å². The van der Waals surface area contributed by atoms with Gasteiger partial charge in [-0.1, -0.05) is 0 Å². The molecule has 1 aromatic heterocycles. The number of methoxy groups -OCH3 is 1. The first-order valence-corrected chi connectivity index (χ1v) is 4.56. The van der Waals surface area contributed by atoms with Gasteiger partial charge in [0.2, 0.25) is 5.75 Å². The molecule has 0 fully saturated rings. The number of aromatic nitrogens is 2. The number of anilines is 2. The van der Waals surface area contributed by atoms with E-state index < -0.39 is 6.03 Å². The Morgan fingerprint density at radius 1 is 1.50 bits per heavy atom. The quantitative estimate of drug-likeness (QED) is 0.484. The molecule has 1 heterocycles. The summed E-state index contributed by atoms with van der Waals surface area (Å²) in [6, 6.07) is -0.573. The highest BCUT2D eigenvalue weighted by Gasteiger charge is 2.08. The number of carbonyl (C=O) groups excluding carboxylic acids is 1. The van der Waals surface area contributed by atoms with E-state index in [-0.39, 0.29) is 5.82 Å². The minimum absolute atomic E-state index is 0.253. The number of nitrogens with two attached hydrogens (primary N) is 2. The summed E-state index contributed by atoms with van der Waals surface area (Å²) in [5, 5.41) is 5.36. The van der Waals surface area contributed by atoms with Gasteiger partial charge in [0.1, 0.15) is 6.33 Å². The molecule has 6 N–H and O–H groups in total. The molecule has 88 valence electrons. The first-order valence-electron chi connectivity index (χ1n) is 4.56. The Balaban J connectivity index is 2.53. The Hall–Kier alpha value is -2.25. The van der Waals surface area contributed by atoms with Crippen molar-refractivity contribution in [2.45, 2.75) is 0 Å². The number of urea groups is 1. The molecule has 0 bridgehead atoms. The lowest BCUT2D eigenvalue weighted by Gasteiger charge is -2.10. The number of hydrogen-bond donors (Lipinski definition) is 4. The van der Waals surface area contributed by atoms with Gasteiger partial charge in [0.05, 0.1) is 7.11 Å². The second kappa shape index (κ2) is 5.59. The molecule has 1 rings (SSSR count). The number of rotatable bonds is 5. The second-order valence-electron chi connectivity index (χ2n) is 2.86. The molecular weight excluding hydrogens is 212 g/mol. The van der Waals surface area contributed by atoms with Gasteiger partial charge in [-0.25, -0.2) is 14.8 Å². The fourth-order valence-corrected chi connectivity index (χ4v) is 1.08. The normalized spacial score (nSPS) is 9.56. The average molecular weight is 226 g/mol. The summed E-state index contributed by atoms with van der Waals surface area (Å²) in [5.41, 5.74) is 10.5. The third-order valence-electron chi connectivity index (χ3n) is 1.75. The standard InChI is InChI=1S/C8H14N6O2/c1-16-5-6(9)13-4-14-7(5)11-2-3-12-8(10)15/h4H,2-3H2,1H3,(H3,10,12,15)(H3,9,11,13,14). The van der Waals surface area contributed by atoms with Crippen LogP contribution < -0.4 is 26.8 Å². The van der Waals surface area contributed by atoms with Gasteiger partial charge in [0.15, 0.2) is 11.6 Å². The molecule has 0 spiro atoms. The maximum absolute atomic E-state index is 10.4. The number of hydrogen-bond acceptors (Lipinski definition) is 6. The molecule has 0 unspecified atom stereocenters. The van der Waals surface area contributed by atoms with Gasteiger partial charge in [-0.05, 0) is 0 Å². The van der Waals surface area contributed by atoms with Crippen LogP contribution in [0.5, 0.6) is 5.75 Å². The molecule has 2 amide bonds. The number of amides is 2. The summed E-state index contributed by atoms with van der Waals surface area (Å²) in [6.45, 7) is 0.831. The molecule has 0 saturated heterocycles. The van der Waals surface area contributed by atoms with E-state index in [1.165, 1.54) is 13.4 Å². The maximum Gasteiger partial charge on any atom is 0.312 e. The minimum atomic E-state index is -0.573. The van der Waals surface area contributed by atoms with Crippen molar-refractivity contribution in [3.8, 4) is 5.75 Å². The van der Waals surface area contributed by atoms with Crippen LogP contribution in [0.25, 0.3) is 0 Å². The highest BCUT2D eigenvalue weighted by atomic mass is 16.5. The van der Waals surface area contributed by atoms with Crippen LogP contribution in [0, 0.1) is 0 Å². The number of nitrogen functional groups attached to an aromatic ring is 1. The largest absolute Gasteiger partial charge is 0.490 e. The van der Waals surface area contributed by atoms with Crippen molar-refractivity contribution in [2.24, 2.45) is 5.73 Å². The lowest BCUT2D eigenvalue weighted by Crippen LogP contribution is -2.33. The summed E-state index contributed by atoms with van der Waals surface area (Å²) in [5.74, 6) is 1.10. The van der Waals surface area contributed by atoms with E-state index in [1.807, 2.05) is 0 Å². The van der Waals surface area contributed by atoms with Gasteiger partial charge in [-0.15, -0.1) is 0 Å². The molecule has 8 heteroatoms. The monoisotopic (exact) mass is 226 g/mol. The van der Waals surface area contributed by atoms with Crippen LogP contribution in [-0.4, -0.2) is 36.2 Å². The SMILES string of the molecule is COc1c(N)ncnc1NCCNC(N)=O. The predicted octanol–water partition coefficient (Wildman–Crippen LogP) is -0.852. The minimum Gasteiger partial charge on any atom is -0.490 e. The van der Waals surface area contributed by atoms with E-state index in [0.29, 0.717) is 24.7 Å². The zero-order valence-electron chi connectivity index (χ0n) is 8.86. The van der Waals surface area contributed by atoms with Crippen LogP contribution in [0.15, 0.2) is 6.33 Å². The van der Waals surface area contributed by atoms with E-state index in [0.717, 1.165) is 0 Å². The summed E-state index contributed by atoms with van der Waals surface area (Å²) >= 11 is 0. The molecule has 16 heavy (non-hydrogen) atoms. The summed E-state index contributed by atoms with van der Waals surface area (Å²) in [7, 11) is 1.47. The third-order valence-corrected chi connectivity index (χ3v) is 1.75. The Labute approximate surface area is 92.4 Å². The highest BCUT2D eigenvalue weighted by molar-refractivity contribution is 5.71. The van der Waals surface area contributed by atoms with Crippen molar-refractivity contribution in [1.29, 1.82) is 0 Å². The molecule has 0 aliphatic heterocycles. The summed E-state index contributed by atoms with van der Waals surface area (Å²) in [4.78, 5) is 18.1. The van der Waals surface area contributed by atoms with Crippen LogP contribution in [0.3, 0.4) is 0 Å². The number of ether oxygens (including phenoxy) is 1. The van der Waals surface area contributed by atoms with E-state index in [1.54, 1.807) is 0 Å². The summed E-state index contributed by atoms with van der Waals surface area (Å²) in [6.07, 6.45) is 1.32. The van der Waals surface area contributed by atoms with Gasteiger partial charge < -0.3 is 26.8 Å². The van der Waals surface area contributed by atoms with Gasteiger partial charge in [-0.3, -0.25) is 0 Å². The summed E-state index contributed by atoms with van der Waals surface area (Å²) < 4.78 is 5.03. The van der Waals surface area contributed by atoms with E-state index in [4.69, 9.17) is 16.2 Å². The Kier molecular flexibility index (Phi) is 4.13. The van der Waals surface area contributed by atoms with Gasteiger partial charge >= 0.3 is 6.03 Å². The Bertz CT molecular complexity index is 370. The fourth-order valence-electron chi connectivity index (χ4n) is 1.08. The van der Waals surface area contributed by atoms with Crippen molar-refractivity contribution in [2.75, 3.05) is 31.2 Å². The second-order valence-corrected chi connectivity index (χ2v) is 2.86. The average Bonchev–Trinajstić information content (AvgIpc) is 2.24. The van der Waals surface area contributed by atoms with E-state index in [9.17, 15) is 4.79 Å². The third kappa shape index (κ3) is 3.15. The molecule has 0 aliphatic rings. The molecule has 0 radical (unpaired) electrons. The predicted molar refractivity (Wildman–Crippen MR) is 59.1 cm³/mol. The van der Waals surface area contributed by atoms with Gasteiger partial charge in [-0.2, -0.15) is 0 Å². The fraction of sp³-hybridized carbons (Fsp3) is 0.375. The smallest absolute Gasteiger partial charge is 0.312 e. The molecule has 0 aromatic carbocycles. The van der Waals surface area contributed by atoms with Crippen LogP contribution in [0.2, 0.25) is 0 Å². The molecule has 0 atom stereocenters. The first kappa shape index (κ1) is 11.8. The highest BCUT2D eigenvalue weighted by Crippen LogP contribution is 2.25. The van der Waals surface area contributed by atoms with E-state index >= 15 is 0 Å². The number of nitrogens with zero attached hydrogens (tertiary/aromatic N) is 2. The number of primary amides is 1. The maximum atomic E-state index is 10.4. The van der Waals surface area contributed by atoms with Crippen molar-refractivity contribution in [3.63, 3.8) is 0 Å². The van der Waals surface area contributed by atoms with Gasteiger partial charge in [0.25, 0.3) is 0 Å². The lowest BCUT2D eigenvalue weighted by atomic mass is 10.4. The zero-order valence-corrected chi connectivity index (χ0v) is 8.86. The molecular formula is C8H14N6O2. The van der Waals surface area contributed by atoms with Crippen LogP contribution in [-0.2, 0) is 0 Å². The van der Waals surface area contributed by atoms with Gasteiger partial charge in [0, 0.05) is 13.1 Å². The molecule has 0 saturated carbocycles. The Morgan fingerprint density at radius 2 is 2.25 bits per heavy atom. The number of nitrogens with one attached hydrogen (secondary N) is 2. The number of carbonyl (C=O) groups is 1. The van der Waals surface area contributed by atoms with Crippen molar-refractivity contribution >= 4 is 17.7 Å². The van der Waals surface area contributed by atoms with Crippen LogP contribution in [0.4, 0.5) is 16.4 Å². The molecule has 1 aromatic rings. The Morgan fingerprint density at radius 3 is 2.88 bits per heavy atom. The van der Waals surface area contributed by atoms with E-state index in [2.05, 4.69) is 20.6 Å². The molecule has 8 nitrogen and oxygen atoms in total. The van der Waals surface area contributed by atoms with Crippen molar-refractivity contribution < 1.29 is 9.53 Å². The van der Waals surface area contributed by atoms with Crippen molar-refractivity contribution in [3.05, 3.63) is 6.33 Å².